The van der Waals surface area contributed by atoms with Gasteiger partial charge >= 0.3 is 0 Å². The molecule has 0 atom stereocenters. The molecule has 7 aromatic rings. The molecule has 2 heterocycles. The molecule has 5 aromatic carbocycles. The van der Waals surface area contributed by atoms with Gasteiger partial charge in [0.2, 0.25) is 0 Å². The number of fused-ring (bicyclic) bond motifs is 5. The van der Waals surface area contributed by atoms with Crippen molar-refractivity contribution in [1.82, 2.24) is 9.97 Å². The molecule has 190 valence electrons. The summed E-state index contributed by atoms with van der Waals surface area (Å²) in [5, 5.41) is 7.38. The van der Waals surface area contributed by atoms with Gasteiger partial charge in [-0.25, -0.2) is 0 Å². The molecule has 40 heavy (non-hydrogen) atoms. The van der Waals surface area contributed by atoms with E-state index in [1.54, 1.807) is 0 Å². The van der Waals surface area contributed by atoms with Crippen LogP contribution in [0.4, 0.5) is 0 Å². The number of aromatic nitrogens is 2. The van der Waals surface area contributed by atoms with E-state index < -0.39 is 0 Å². The summed E-state index contributed by atoms with van der Waals surface area (Å²) in [7, 11) is 0. The number of aryl methyl sites for hydroxylation is 2. The Balaban J connectivity index is 1.14. The van der Waals surface area contributed by atoms with Crippen LogP contribution in [0, 0.1) is 13.8 Å². The SMILES string of the molecule is Cc1cnc2cc(C=Cc3ccc4c(ccc5cc(C=Cc6ccc7cc(C)cnc7c6)ccc54)c3)ccc2c1. The molecule has 0 aliphatic carbocycles. The fraction of sp³-hybridized carbons (Fsp3) is 0.0526. The lowest BCUT2D eigenvalue weighted by Crippen LogP contribution is -1.83. The number of hydrogen-bond acceptors (Lipinski definition) is 2. The first-order chi connectivity index (χ1) is 19.6. The summed E-state index contributed by atoms with van der Waals surface area (Å²) < 4.78 is 0. The van der Waals surface area contributed by atoms with Gasteiger partial charge in [-0.2, -0.15) is 0 Å². The van der Waals surface area contributed by atoms with Crippen molar-refractivity contribution in [3.05, 3.63) is 143 Å². The first kappa shape index (κ1) is 24.0. The van der Waals surface area contributed by atoms with Crippen LogP contribution in [0.25, 0.3) is 67.7 Å². The van der Waals surface area contributed by atoms with Crippen molar-refractivity contribution in [2.45, 2.75) is 13.8 Å². The third-order valence-corrected chi connectivity index (χ3v) is 7.51. The molecule has 0 spiro atoms. The average molecular weight is 513 g/mol. The van der Waals surface area contributed by atoms with E-state index in [-0.39, 0.29) is 0 Å². The molecule has 0 saturated carbocycles. The molecule has 2 nitrogen and oxygen atoms in total. The zero-order chi connectivity index (χ0) is 27.1. The minimum atomic E-state index is 1.02. The standard InChI is InChI=1S/C38H28N2/c1-25-17-33-11-7-29(21-37(33)39-23-25)5-3-27-9-15-35-31(19-27)13-14-32-20-28(10-16-36(32)35)4-6-30-8-12-34-18-26(2)24-40-38(34)22-30/h3-24H,1-2H3. The van der Waals surface area contributed by atoms with Gasteiger partial charge in [0.1, 0.15) is 0 Å². The van der Waals surface area contributed by atoms with E-state index in [4.69, 9.17) is 0 Å². The van der Waals surface area contributed by atoms with Crippen molar-refractivity contribution in [3.63, 3.8) is 0 Å². The summed E-state index contributed by atoms with van der Waals surface area (Å²) in [4.78, 5) is 9.14. The molecule has 0 aliphatic heterocycles. The van der Waals surface area contributed by atoms with Crippen molar-refractivity contribution in [3.8, 4) is 0 Å². The molecule has 0 N–H and O–H groups in total. The summed E-state index contributed by atoms with van der Waals surface area (Å²) in [5.74, 6) is 0. The summed E-state index contributed by atoms with van der Waals surface area (Å²) in [6.07, 6.45) is 12.5. The maximum absolute atomic E-state index is 4.57. The minimum absolute atomic E-state index is 1.02. The molecule has 2 heteroatoms. The molecule has 2 aromatic heterocycles. The van der Waals surface area contributed by atoms with Crippen molar-refractivity contribution in [2.75, 3.05) is 0 Å². The molecule has 0 amide bonds. The van der Waals surface area contributed by atoms with E-state index in [0.29, 0.717) is 0 Å². The average Bonchev–Trinajstić information content (AvgIpc) is 2.98. The highest BCUT2D eigenvalue weighted by molar-refractivity contribution is 6.08. The van der Waals surface area contributed by atoms with Crippen molar-refractivity contribution >= 4 is 67.7 Å². The van der Waals surface area contributed by atoms with E-state index in [1.807, 2.05) is 12.4 Å². The number of pyridine rings is 2. The first-order valence-corrected chi connectivity index (χ1v) is 13.6. The molecule has 0 saturated heterocycles. The molecular weight excluding hydrogens is 484 g/mol. The predicted octanol–water partition coefficient (Wildman–Crippen LogP) is 10.0. The summed E-state index contributed by atoms with van der Waals surface area (Å²) >= 11 is 0. The Morgan fingerprint density at radius 3 is 1.23 bits per heavy atom. The van der Waals surface area contributed by atoms with Crippen LogP contribution in [0.1, 0.15) is 33.4 Å². The second-order valence-corrected chi connectivity index (χ2v) is 10.6. The lowest BCUT2D eigenvalue weighted by Gasteiger charge is -2.07. The zero-order valence-corrected chi connectivity index (χ0v) is 22.6. The van der Waals surface area contributed by atoms with E-state index in [9.17, 15) is 0 Å². The number of rotatable bonds is 4. The Kier molecular flexibility index (Phi) is 5.94. The molecule has 0 aliphatic rings. The van der Waals surface area contributed by atoms with Gasteiger partial charge in [-0.1, -0.05) is 85.0 Å². The lowest BCUT2D eigenvalue weighted by molar-refractivity contribution is 1.33. The molecule has 0 fully saturated rings. The monoisotopic (exact) mass is 512 g/mol. The highest BCUT2D eigenvalue weighted by atomic mass is 14.7. The Morgan fingerprint density at radius 1 is 0.400 bits per heavy atom. The third kappa shape index (κ3) is 4.76. The van der Waals surface area contributed by atoms with Gasteiger partial charge in [0.25, 0.3) is 0 Å². The van der Waals surface area contributed by atoms with Gasteiger partial charge in [0, 0.05) is 23.2 Å². The van der Waals surface area contributed by atoms with Crippen LogP contribution in [0.3, 0.4) is 0 Å². The number of hydrogen-bond donors (Lipinski definition) is 0. The number of nitrogens with zero attached hydrogens (tertiary/aromatic N) is 2. The summed E-state index contributed by atoms with van der Waals surface area (Å²) in [5.41, 5.74) is 9.08. The van der Waals surface area contributed by atoms with Crippen LogP contribution in [0.15, 0.2) is 109 Å². The fourth-order valence-corrected chi connectivity index (χ4v) is 5.40. The van der Waals surface area contributed by atoms with Crippen molar-refractivity contribution in [2.24, 2.45) is 0 Å². The van der Waals surface area contributed by atoms with E-state index in [0.717, 1.165) is 22.2 Å². The van der Waals surface area contributed by atoms with E-state index in [2.05, 4.69) is 145 Å². The maximum Gasteiger partial charge on any atom is 0.0708 e. The molecule has 7 rings (SSSR count). The van der Waals surface area contributed by atoms with Crippen LogP contribution >= 0.6 is 0 Å². The zero-order valence-electron chi connectivity index (χ0n) is 22.6. The Labute approximate surface area is 234 Å². The highest BCUT2D eigenvalue weighted by Gasteiger charge is 2.03. The van der Waals surface area contributed by atoms with Crippen LogP contribution in [0.2, 0.25) is 0 Å². The molecule has 0 radical (unpaired) electrons. The van der Waals surface area contributed by atoms with Crippen LogP contribution < -0.4 is 0 Å². The van der Waals surface area contributed by atoms with Crippen LogP contribution in [0.5, 0.6) is 0 Å². The topological polar surface area (TPSA) is 25.8 Å². The van der Waals surface area contributed by atoms with Gasteiger partial charge in [0.05, 0.1) is 11.0 Å². The van der Waals surface area contributed by atoms with E-state index >= 15 is 0 Å². The minimum Gasteiger partial charge on any atom is -0.256 e. The first-order valence-electron chi connectivity index (χ1n) is 13.6. The predicted molar refractivity (Wildman–Crippen MR) is 172 cm³/mol. The molecule has 0 bridgehead atoms. The second-order valence-electron chi connectivity index (χ2n) is 10.6. The normalized spacial score (nSPS) is 12.1. The van der Waals surface area contributed by atoms with E-state index in [1.165, 1.54) is 54.6 Å². The highest BCUT2D eigenvalue weighted by Crippen LogP contribution is 2.28. The van der Waals surface area contributed by atoms with Crippen LogP contribution in [-0.4, -0.2) is 9.97 Å². The van der Waals surface area contributed by atoms with Crippen molar-refractivity contribution < 1.29 is 0 Å². The lowest BCUT2D eigenvalue weighted by atomic mass is 9.98. The Bertz CT molecular complexity index is 1980. The number of benzene rings is 5. The van der Waals surface area contributed by atoms with Gasteiger partial charge in [-0.3, -0.25) is 9.97 Å². The van der Waals surface area contributed by atoms with Gasteiger partial charge in [0.15, 0.2) is 0 Å². The van der Waals surface area contributed by atoms with Gasteiger partial charge < -0.3 is 0 Å². The Hall–Kier alpha value is -5.08. The second kappa shape index (κ2) is 9.91. The molecular formula is C38H28N2. The Morgan fingerprint density at radius 2 is 0.775 bits per heavy atom. The third-order valence-electron chi connectivity index (χ3n) is 7.51. The van der Waals surface area contributed by atoms with Crippen molar-refractivity contribution in [1.29, 1.82) is 0 Å². The fourth-order valence-electron chi connectivity index (χ4n) is 5.40. The summed E-state index contributed by atoms with van der Waals surface area (Å²) in [6.45, 7) is 4.15. The van der Waals surface area contributed by atoms with Crippen LogP contribution in [-0.2, 0) is 0 Å². The maximum atomic E-state index is 4.57. The van der Waals surface area contributed by atoms with Gasteiger partial charge in [-0.05, 0) is 105 Å². The molecule has 0 unspecified atom stereocenters. The smallest absolute Gasteiger partial charge is 0.0708 e. The van der Waals surface area contributed by atoms with Gasteiger partial charge in [-0.15, -0.1) is 0 Å². The largest absolute Gasteiger partial charge is 0.256 e. The quantitative estimate of drug-likeness (QED) is 0.173. The summed E-state index contributed by atoms with van der Waals surface area (Å²) in [6, 6.07) is 35.1.